The third-order valence-electron chi connectivity index (χ3n) is 5.31. The number of nitrogens with one attached hydrogen (secondary N) is 1. The number of benzene rings is 2. The van der Waals surface area contributed by atoms with Crippen LogP contribution in [0.2, 0.25) is 0 Å². The summed E-state index contributed by atoms with van der Waals surface area (Å²) in [6.45, 7) is -0.211. The van der Waals surface area contributed by atoms with Gasteiger partial charge in [0.1, 0.15) is 23.7 Å². The van der Waals surface area contributed by atoms with Gasteiger partial charge in [-0.05, 0) is 23.3 Å². The molecule has 10 nitrogen and oxygen atoms in total. The molecule has 1 saturated heterocycles. The Balaban J connectivity index is 1.42. The number of fused-ring (bicyclic) bond motifs is 1. The molecule has 0 bridgehead atoms. The molecule has 2 aromatic rings. The Morgan fingerprint density at radius 3 is 2.47 bits per heavy atom. The summed E-state index contributed by atoms with van der Waals surface area (Å²) >= 11 is 6.16. The monoisotopic (exact) mass is 503 g/mol. The summed E-state index contributed by atoms with van der Waals surface area (Å²) in [5.41, 5.74) is 0.927. The molecule has 0 aliphatic carbocycles. The van der Waals surface area contributed by atoms with E-state index in [1.165, 1.54) is 24.3 Å². The average molecular weight is 504 g/mol. The number of esters is 1. The first-order chi connectivity index (χ1) is 16.3. The summed E-state index contributed by atoms with van der Waals surface area (Å²) in [5, 5.41) is 12.3. The van der Waals surface area contributed by atoms with E-state index < -0.39 is 44.9 Å². The van der Waals surface area contributed by atoms with Gasteiger partial charge in [0.25, 0.3) is 11.6 Å². The van der Waals surface area contributed by atoms with Gasteiger partial charge in [-0.25, -0.2) is 4.79 Å². The molecule has 0 spiro atoms. The van der Waals surface area contributed by atoms with Crippen LogP contribution in [-0.2, 0) is 42.9 Å². The van der Waals surface area contributed by atoms with Crippen LogP contribution in [0.5, 0.6) is 0 Å². The van der Waals surface area contributed by atoms with Crippen molar-refractivity contribution >= 4 is 45.9 Å². The number of nitro benzene ring substituents is 1. The summed E-state index contributed by atoms with van der Waals surface area (Å²) in [6.07, 6.45) is 0.0463. The molecule has 176 valence electrons. The van der Waals surface area contributed by atoms with Gasteiger partial charge in [-0.2, -0.15) is 0 Å². The van der Waals surface area contributed by atoms with E-state index >= 15 is 0 Å². The highest BCUT2D eigenvalue weighted by atomic mass is 35.5. The van der Waals surface area contributed by atoms with E-state index in [1.54, 1.807) is 24.3 Å². The van der Waals surface area contributed by atoms with Gasteiger partial charge >= 0.3 is 5.97 Å². The van der Waals surface area contributed by atoms with E-state index in [4.69, 9.17) is 16.3 Å². The van der Waals surface area contributed by atoms with Crippen molar-refractivity contribution in [3.8, 4) is 0 Å². The molecule has 12 heteroatoms. The van der Waals surface area contributed by atoms with Crippen molar-refractivity contribution in [2.24, 2.45) is 0 Å². The van der Waals surface area contributed by atoms with E-state index in [1.807, 2.05) is 6.07 Å². The standard InChI is InChI=1S/C22H18ClN3O7S/c23-16-12-34(32)21-18(24-17(27)10-13-4-2-1-3-5-13)20(28)25(21)19(16)22(29)33-11-14-6-8-15(9-7-14)26(30)31/h1-9,18,21H,10-12H2,(H,24,27)/t18?,21-,34?/m1/s1. The van der Waals surface area contributed by atoms with Gasteiger partial charge in [-0.3, -0.25) is 28.8 Å². The van der Waals surface area contributed by atoms with Crippen LogP contribution in [0.4, 0.5) is 5.69 Å². The molecular weight excluding hydrogens is 486 g/mol. The van der Waals surface area contributed by atoms with Gasteiger partial charge in [0.05, 0.1) is 32.9 Å². The van der Waals surface area contributed by atoms with E-state index in [9.17, 15) is 28.7 Å². The van der Waals surface area contributed by atoms with Gasteiger partial charge in [0.15, 0.2) is 0 Å². The Kier molecular flexibility index (Phi) is 6.75. The highest BCUT2D eigenvalue weighted by Gasteiger charge is 2.57. The third-order valence-corrected chi connectivity index (χ3v) is 7.38. The highest BCUT2D eigenvalue weighted by molar-refractivity contribution is 7.86. The van der Waals surface area contributed by atoms with Gasteiger partial charge < -0.3 is 10.1 Å². The van der Waals surface area contributed by atoms with Crippen molar-refractivity contribution in [2.45, 2.75) is 24.4 Å². The van der Waals surface area contributed by atoms with Crippen LogP contribution in [0.15, 0.2) is 65.3 Å². The number of nitro groups is 1. The van der Waals surface area contributed by atoms with Crippen LogP contribution >= 0.6 is 11.6 Å². The Morgan fingerprint density at radius 2 is 1.82 bits per heavy atom. The quantitative estimate of drug-likeness (QED) is 0.263. The van der Waals surface area contributed by atoms with Crippen molar-refractivity contribution in [3.63, 3.8) is 0 Å². The fraction of sp³-hybridized carbons (Fsp3) is 0.227. The number of β-lactam (4-membered cyclic amide) rings is 1. The summed E-state index contributed by atoms with van der Waals surface area (Å²) in [7, 11) is -1.63. The number of carbonyl (C=O) groups is 3. The molecule has 2 aliphatic heterocycles. The molecular formula is C22H18ClN3O7S. The fourth-order valence-electron chi connectivity index (χ4n) is 3.66. The molecule has 4 rings (SSSR count). The molecule has 34 heavy (non-hydrogen) atoms. The molecule has 2 aromatic carbocycles. The number of non-ortho nitro benzene ring substituents is 1. The molecule has 2 amide bonds. The summed E-state index contributed by atoms with van der Waals surface area (Å²) in [5.74, 6) is -2.08. The molecule has 1 fully saturated rings. The van der Waals surface area contributed by atoms with Gasteiger partial charge in [0.2, 0.25) is 5.91 Å². The molecule has 3 atom stereocenters. The Bertz CT molecular complexity index is 1220. The van der Waals surface area contributed by atoms with Crippen LogP contribution in [0.3, 0.4) is 0 Å². The summed E-state index contributed by atoms with van der Waals surface area (Å²) in [6, 6.07) is 13.3. The summed E-state index contributed by atoms with van der Waals surface area (Å²) < 4.78 is 17.9. The van der Waals surface area contributed by atoms with E-state index in [0.29, 0.717) is 5.56 Å². The van der Waals surface area contributed by atoms with Gasteiger partial charge in [-0.1, -0.05) is 41.9 Å². The third kappa shape index (κ3) is 4.70. The molecule has 2 unspecified atom stereocenters. The minimum Gasteiger partial charge on any atom is -0.456 e. The van der Waals surface area contributed by atoms with Crippen molar-refractivity contribution < 1.29 is 28.3 Å². The Labute approximate surface area is 201 Å². The topological polar surface area (TPSA) is 136 Å². The second-order valence-electron chi connectivity index (χ2n) is 7.58. The lowest BCUT2D eigenvalue weighted by molar-refractivity contribution is -0.384. The largest absolute Gasteiger partial charge is 0.456 e. The lowest BCUT2D eigenvalue weighted by atomic mass is 10.0. The number of amides is 2. The first kappa shape index (κ1) is 23.6. The lowest BCUT2D eigenvalue weighted by Crippen LogP contribution is -2.73. The van der Waals surface area contributed by atoms with Crippen molar-refractivity contribution in [2.75, 3.05) is 5.75 Å². The molecule has 2 aliphatic rings. The number of halogens is 1. The molecule has 0 saturated carbocycles. The lowest BCUT2D eigenvalue weighted by Gasteiger charge is -2.48. The number of carbonyl (C=O) groups excluding carboxylic acids is 3. The number of hydrogen-bond acceptors (Lipinski definition) is 7. The Hall–Kier alpha value is -3.57. The molecule has 0 aromatic heterocycles. The van der Waals surface area contributed by atoms with Crippen molar-refractivity contribution in [1.29, 1.82) is 0 Å². The number of ether oxygens (including phenoxy) is 1. The normalized spacial score (nSPS) is 21.4. The van der Waals surface area contributed by atoms with Gasteiger partial charge in [-0.15, -0.1) is 0 Å². The zero-order valence-corrected chi connectivity index (χ0v) is 19.1. The first-order valence-corrected chi connectivity index (χ1v) is 11.8. The average Bonchev–Trinajstić information content (AvgIpc) is 2.81. The SMILES string of the molecule is O=C(Cc1ccccc1)NC1C(=O)N2C(C(=O)OCc3ccc([N+](=O)[O-])cc3)=C(Cl)CS(=O)[C@H]12. The number of nitrogens with zero attached hydrogens (tertiary/aromatic N) is 2. The van der Waals surface area contributed by atoms with Crippen LogP contribution in [0.25, 0.3) is 0 Å². The fourth-order valence-corrected chi connectivity index (χ4v) is 5.64. The maximum Gasteiger partial charge on any atom is 0.356 e. The molecule has 2 heterocycles. The van der Waals surface area contributed by atoms with Crippen LogP contribution in [-0.4, -0.2) is 49.0 Å². The van der Waals surface area contributed by atoms with E-state index in [2.05, 4.69) is 5.32 Å². The second kappa shape index (κ2) is 9.74. The minimum absolute atomic E-state index is 0.0463. The maximum absolute atomic E-state index is 12.8. The molecule has 1 N–H and O–H groups in total. The molecule has 0 radical (unpaired) electrons. The van der Waals surface area contributed by atoms with E-state index in [0.717, 1.165) is 10.5 Å². The van der Waals surface area contributed by atoms with E-state index in [-0.39, 0.29) is 35.2 Å². The Morgan fingerprint density at radius 1 is 1.15 bits per heavy atom. The van der Waals surface area contributed by atoms with Crippen molar-refractivity contribution in [3.05, 3.63) is 86.6 Å². The zero-order chi connectivity index (χ0) is 24.4. The predicted octanol–water partition coefficient (Wildman–Crippen LogP) is 1.75. The van der Waals surface area contributed by atoms with Crippen molar-refractivity contribution in [1.82, 2.24) is 10.2 Å². The first-order valence-electron chi connectivity index (χ1n) is 10.1. The van der Waals surface area contributed by atoms with Gasteiger partial charge in [0, 0.05) is 12.1 Å². The summed E-state index contributed by atoms with van der Waals surface area (Å²) in [4.78, 5) is 49.1. The predicted molar refractivity (Wildman–Crippen MR) is 121 cm³/mol. The smallest absolute Gasteiger partial charge is 0.356 e. The maximum atomic E-state index is 12.8. The number of rotatable bonds is 7. The van der Waals surface area contributed by atoms with Crippen LogP contribution in [0.1, 0.15) is 11.1 Å². The van der Waals surface area contributed by atoms with Crippen LogP contribution < -0.4 is 5.32 Å². The minimum atomic E-state index is -1.63. The number of hydrogen-bond donors (Lipinski definition) is 1. The zero-order valence-electron chi connectivity index (χ0n) is 17.5. The van der Waals surface area contributed by atoms with Crippen LogP contribution in [0, 0.1) is 10.1 Å². The highest BCUT2D eigenvalue weighted by Crippen LogP contribution is 2.36. The second-order valence-corrected chi connectivity index (χ2v) is 9.57.